The second-order valence-corrected chi connectivity index (χ2v) is 5.60. The first-order valence-corrected chi connectivity index (χ1v) is 5.62. The van der Waals surface area contributed by atoms with Crippen molar-refractivity contribution < 1.29 is 15.3 Å². The van der Waals surface area contributed by atoms with Gasteiger partial charge in [0.05, 0.1) is 6.10 Å². The molecule has 0 aromatic carbocycles. The van der Waals surface area contributed by atoms with Crippen LogP contribution in [-0.4, -0.2) is 27.2 Å². The number of allylic oxidation sites excluding steroid dienone is 2. The molecule has 1 rings (SSSR count). The van der Waals surface area contributed by atoms with Gasteiger partial charge in [-0.2, -0.15) is 0 Å². The topological polar surface area (TPSA) is 60.7 Å². The fraction of sp³-hybridized carbons (Fsp3) is 0.692. The summed E-state index contributed by atoms with van der Waals surface area (Å²) in [7, 11) is 0. The van der Waals surface area contributed by atoms with Gasteiger partial charge in [0, 0.05) is 5.92 Å². The predicted octanol–water partition coefficient (Wildman–Crippen LogP) is 1.60. The Labute approximate surface area is 97.1 Å². The van der Waals surface area contributed by atoms with Crippen LogP contribution in [0.4, 0.5) is 0 Å². The monoisotopic (exact) mass is 226 g/mol. The van der Waals surface area contributed by atoms with Crippen LogP contribution in [-0.2, 0) is 0 Å². The number of aliphatic hydroxyl groups excluding tert-OH is 1. The molecule has 0 saturated carbocycles. The van der Waals surface area contributed by atoms with E-state index in [-0.39, 0.29) is 11.3 Å². The van der Waals surface area contributed by atoms with E-state index in [1.807, 2.05) is 19.1 Å². The van der Waals surface area contributed by atoms with Gasteiger partial charge in [0.25, 0.3) is 0 Å². The van der Waals surface area contributed by atoms with Crippen LogP contribution in [0.15, 0.2) is 23.8 Å². The lowest BCUT2D eigenvalue weighted by molar-refractivity contribution is -0.101. The van der Waals surface area contributed by atoms with Gasteiger partial charge in [0.1, 0.15) is 0 Å². The van der Waals surface area contributed by atoms with Crippen molar-refractivity contribution in [1.29, 1.82) is 0 Å². The van der Waals surface area contributed by atoms with Crippen LogP contribution in [0.1, 0.15) is 34.1 Å². The summed E-state index contributed by atoms with van der Waals surface area (Å²) in [6.45, 7) is 7.44. The molecule has 0 aromatic rings. The molecule has 3 heteroatoms. The highest BCUT2D eigenvalue weighted by Crippen LogP contribution is 2.41. The van der Waals surface area contributed by atoms with Crippen LogP contribution < -0.4 is 0 Å². The average molecular weight is 226 g/mol. The maximum Gasteiger partial charge on any atom is 0.179 e. The van der Waals surface area contributed by atoms with E-state index in [4.69, 9.17) is 0 Å². The highest BCUT2D eigenvalue weighted by Gasteiger charge is 2.34. The van der Waals surface area contributed by atoms with Crippen LogP contribution in [0.2, 0.25) is 0 Å². The van der Waals surface area contributed by atoms with Crippen molar-refractivity contribution in [2.75, 3.05) is 0 Å². The predicted molar refractivity (Wildman–Crippen MR) is 63.6 cm³/mol. The molecule has 0 unspecified atom stereocenters. The molecule has 0 saturated heterocycles. The lowest BCUT2D eigenvalue weighted by atomic mass is 9.67. The Morgan fingerprint density at radius 1 is 1.44 bits per heavy atom. The molecule has 1 aliphatic carbocycles. The summed E-state index contributed by atoms with van der Waals surface area (Å²) in [4.78, 5) is 0. The quantitative estimate of drug-likeness (QED) is 0.495. The standard InChI is InChI=1S/C13H22O3/c1-9-7-10(14)8-12(2,3)11(9)5-6-13(4,15)16/h5-7,10-11,14-16H,8H2,1-4H3/b6-5+/t10-,11-/m0/s1. The maximum atomic E-state index is 9.66. The first-order chi connectivity index (χ1) is 7.12. The molecule has 0 aromatic heterocycles. The first kappa shape index (κ1) is 13.4. The number of hydrogen-bond donors (Lipinski definition) is 3. The summed E-state index contributed by atoms with van der Waals surface area (Å²) in [5.74, 6) is -1.64. The Morgan fingerprint density at radius 3 is 2.44 bits per heavy atom. The summed E-state index contributed by atoms with van der Waals surface area (Å²) in [5, 5.41) is 28.2. The second-order valence-electron chi connectivity index (χ2n) is 5.60. The van der Waals surface area contributed by atoms with E-state index in [9.17, 15) is 15.3 Å². The molecule has 0 radical (unpaired) electrons. The molecule has 16 heavy (non-hydrogen) atoms. The summed E-state index contributed by atoms with van der Waals surface area (Å²) < 4.78 is 0. The minimum atomic E-state index is -1.77. The van der Waals surface area contributed by atoms with Gasteiger partial charge in [-0.3, -0.25) is 0 Å². The summed E-state index contributed by atoms with van der Waals surface area (Å²) in [5.41, 5.74) is 1.00. The third-order valence-electron chi connectivity index (χ3n) is 3.13. The molecule has 0 aliphatic heterocycles. The molecule has 3 N–H and O–H groups in total. The summed E-state index contributed by atoms with van der Waals surface area (Å²) >= 11 is 0. The van der Waals surface area contributed by atoms with Crippen molar-refractivity contribution in [3.8, 4) is 0 Å². The van der Waals surface area contributed by atoms with Crippen LogP contribution in [0.25, 0.3) is 0 Å². The Kier molecular flexibility index (Phi) is 3.62. The van der Waals surface area contributed by atoms with Gasteiger partial charge < -0.3 is 15.3 Å². The number of rotatable bonds is 2. The minimum absolute atomic E-state index is 0.0694. The number of aliphatic hydroxyl groups is 3. The largest absolute Gasteiger partial charge is 0.389 e. The molecule has 0 fully saturated rings. The van der Waals surface area contributed by atoms with Crippen molar-refractivity contribution >= 4 is 0 Å². The lowest BCUT2D eigenvalue weighted by Gasteiger charge is -2.39. The third kappa shape index (κ3) is 3.44. The zero-order valence-electron chi connectivity index (χ0n) is 10.4. The second kappa shape index (κ2) is 4.32. The van der Waals surface area contributed by atoms with E-state index in [2.05, 4.69) is 13.8 Å². The van der Waals surface area contributed by atoms with Crippen molar-refractivity contribution in [1.82, 2.24) is 0 Å². The fourth-order valence-electron chi connectivity index (χ4n) is 2.44. The average Bonchev–Trinajstić information content (AvgIpc) is 1.96. The molecule has 92 valence electrons. The summed E-state index contributed by atoms with van der Waals surface area (Å²) in [6, 6.07) is 0. The molecular weight excluding hydrogens is 204 g/mol. The van der Waals surface area contributed by atoms with E-state index < -0.39 is 11.9 Å². The van der Waals surface area contributed by atoms with Crippen molar-refractivity contribution in [2.24, 2.45) is 11.3 Å². The maximum absolute atomic E-state index is 9.66. The molecule has 0 heterocycles. The van der Waals surface area contributed by atoms with Gasteiger partial charge in [0.2, 0.25) is 0 Å². The molecule has 2 atom stereocenters. The van der Waals surface area contributed by atoms with Gasteiger partial charge >= 0.3 is 0 Å². The van der Waals surface area contributed by atoms with E-state index in [0.717, 1.165) is 5.57 Å². The molecule has 0 spiro atoms. The highest BCUT2D eigenvalue weighted by molar-refractivity contribution is 5.21. The van der Waals surface area contributed by atoms with Crippen LogP contribution in [0.5, 0.6) is 0 Å². The normalized spacial score (nSPS) is 30.6. The SMILES string of the molecule is CC1=C[C@H](O)CC(C)(C)[C@H]1/C=C/C(C)(O)O. The molecule has 1 aliphatic rings. The zero-order chi connectivity index (χ0) is 12.6. The third-order valence-corrected chi connectivity index (χ3v) is 3.13. The molecule has 0 bridgehead atoms. The first-order valence-electron chi connectivity index (χ1n) is 5.62. The van der Waals surface area contributed by atoms with Gasteiger partial charge in [-0.05, 0) is 31.8 Å². The Balaban J connectivity index is 2.93. The van der Waals surface area contributed by atoms with Gasteiger partial charge in [-0.1, -0.05) is 31.6 Å². The minimum Gasteiger partial charge on any atom is -0.389 e. The van der Waals surface area contributed by atoms with E-state index in [1.54, 1.807) is 0 Å². The van der Waals surface area contributed by atoms with E-state index in [1.165, 1.54) is 13.0 Å². The Morgan fingerprint density at radius 2 is 2.00 bits per heavy atom. The fourth-order valence-corrected chi connectivity index (χ4v) is 2.44. The Bertz CT molecular complexity index is 308. The van der Waals surface area contributed by atoms with E-state index >= 15 is 0 Å². The highest BCUT2D eigenvalue weighted by atomic mass is 16.5. The van der Waals surface area contributed by atoms with Gasteiger partial charge in [-0.15, -0.1) is 0 Å². The van der Waals surface area contributed by atoms with Gasteiger partial charge in [-0.25, -0.2) is 0 Å². The smallest absolute Gasteiger partial charge is 0.179 e. The van der Waals surface area contributed by atoms with Crippen LogP contribution in [0, 0.1) is 11.3 Å². The van der Waals surface area contributed by atoms with Crippen molar-refractivity contribution in [2.45, 2.75) is 46.0 Å². The van der Waals surface area contributed by atoms with Crippen LogP contribution in [0.3, 0.4) is 0 Å². The van der Waals surface area contributed by atoms with E-state index in [0.29, 0.717) is 6.42 Å². The molecular formula is C13H22O3. The van der Waals surface area contributed by atoms with Crippen LogP contribution >= 0.6 is 0 Å². The zero-order valence-corrected chi connectivity index (χ0v) is 10.4. The van der Waals surface area contributed by atoms with Crippen molar-refractivity contribution in [3.63, 3.8) is 0 Å². The molecule has 0 amide bonds. The Hall–Kier alpha value is -0.640. The summed E-state index contributed by atoms with van der Waals surface area (Å²) in [6.07, 6.45) is 5.35. The van der Waals surface area contributed by atoms with Gasteiger partial charge in [0.15, 0.2) is 5.79 Å². The molecule has 3 nitrogen and oxygen atoms in total. The lowest BCUT2D eigenvalue weighted by Crippen LogP contribution is -2.33. The number of hydrogen-bond acceptors (Lipinski definition) is 3. The van der Waals surface area contributed by atoms with Crippen molar-refractivity contribution in [3.05, 3.63) is 23.8 Å².